The van der Waals surface area contributed by atoms with Crippen molar-refractivity contribution in [1.82, 2.24) is 0 Å². The van der Waals surface area contributed by atoms with Crippen molar-refractivity contribution >= 4 is 15.2 Å². The third-order valence-electron chi connectivity index (χ3n) is 6.45. The Hall–Kier alpha value is 0.180. The van der Waals surface area contributed by atoms with E-state index in [4.69, 9.17) is 32.3 Å². The predicted octanol–water partition coefficient (Wildman–Crippen LogP) is 4.62. The van der Waals surface area contributed by atoms with Crippen LogP contribution in [0.2, 0.25) is 0 Å². The molecule has 3 aliphatic heterocycles. The Bertz CT molecular complexity index is 709. The largest absolute Gasteiger partial charge is 0.373 e. The van der Waals surface area contributed by atoms with Gasteiger partial charge in [-0.25, -0.2) is 0 Å². The van der Waals surface area contributed by atoms with Crippen LogP contribution < -0.4 is 0 Å². The third kappa shape index (κ3) is 7.59. The molecule has 3 fully saturated rings. The van der Waals surface area contributed by atoms with Crippen molar-refractivity contribution in [2.75, 3.05) is 26.5 Å². The first-order chi connectivity index (χ1) is 14.8. The number of hydrogen-bond acceptors (Lipinski definition) is 9. The summed E-state index contributed by atoms with van der Waals surface area (Å²) < 4.78 is 65.7. The fourth-order valence-electron chi connectivity index (χ4n) is 4.49. The maximum absolute atomic E-state index is 12.8. The van der Waals surface area contributed by atoms with Gasteiger partial charge in [0.25, 0.3) is 0 Å². The minimum Gasteiger partial charge on any atom is -0.373 e. The second-order valence-electron chi connectivity index (χ2n) is 9.68. The Morgan fingerprint density at radius 2 is 1.16 bits per heavy atom. The van der Waals surface area contributed by atoms with Crippen molar-refractivity contribution in [3.8, 4) is 0 Å². The van der Waals surface area contributed by atoms with Gasteiger partial charge in [0.15, 0.2) is 0 Å². The summed E-state index contributed by atoms with van der Waals surface area (Å²) in [6, 6.07) is 0. The molecule has 3 rings (SSSR count). The lowest BCUT2D eigenvalue weighted by Gasteiger charge is -2.22. The van der Waals surface area contributed by atoms with Gasteiger partial charge >= 0.3 is 15.2 Å². The van der Waals surface area contributed by atoms with E-state index in [0.717, 1.165) is 6.42 Å². The van der Waals surface area contributed by atoms with Gasteiger partial charge in [-0.3, -0.25) is 9.13 Å². The second-order valence-corrected chi connectivity index (χ2v) is 13.7. The molecule has 0 N–H and O–H groups in total. The molecular formula is C21H40O9P2. The molecular weight excluding hydrogens is 458 g/mol. The Morgan fingerprint density at radius 3 is 1.62 bits per heavy atom. The molecule has 3 saturated heterocycles. The van der Waals surface area contributed by atoms with Crippen LogP contribution in [0.25, 0.3) is 0 Å². The highest BCUT2D eigenvalue weighted by Gasteiger charge is 2.40. The van der Waals surface area contributed by atoms with Crippen LogP contribution in [0.5, 0.6) is 0 Å². The maximum atomic E-state index is 12.8. The molecule has 0 aromatic heterocycles. The highest BCUT2D eigenvalue weighted by molar-refractivity contribution is 7.53. The van der Waals surface area contributed by atoms with Crippen molar-refractivity contribution in [2.45, 2.75) is 103 Å². The van der Waals surface area contributed by atoms with Gasteiger partial charge in [-0.05, 0) is 40.0 Å². The van der Waals surface area contributed by atoms with E-state index in [1.54, 1.807) is 0 Å². The zero-order chi connectivity index (χ0) is 23.7. The van der Waals surface area contributed by atoms with Crippen molar-refractivity contribution in [1.29, 1.82) is 0 Å². The fourth-order valence-corrected chi connectivity index (χ4v) is 6.98. The van der Waals surface area contributed by atoms with Crippen LogP contribution >= 0.6 is 15.2 Å². The van der Waals surface area contributed by atoms with E-state index in [2.05, 4.69) is 6.92 Å². The number of ether oxygens (including phenoxy) is 3. The van der Waals surface area contributed by atoms with Crippen LogP contribution in [0.1, 0.15) is 53.9 Å². The van der Waals surface area contributed by atoms with Gasteiger partial charge in [-0.2, -0.15) is 0 Å². The first kappa shape index (κ1) is 26.8. The molecule has 0 aromatic carbocycles. The van der Waals surface area contributed by atoms with E-state index in [0.29, 0.717) is 18.8 Å². The van der Waals surface area contributed by atoms with Gasteiger partial charge in [-0.15, -0.1) is 0 Å². The van der Waals surface area contributed by atoms with Gasteiger partial charge in [0.05, 0.1) is 62.0 Å². The van der Waals surface area contributed by atoms with Crippen LogP contribution in [0, 0.1) is 5.92 Å². The van der Waals surface area contributed by atoms with Crippen LogP contribution in [0.15, 0.2) is 0 Å². The monoisotopic (exact) mass is 498 g/mol. The lowest BCUT2D eigenvalue weighted by atomic mass is 10.0. The summed E-state index contributed by atoms with van der Waals surface area (Å²) in [6.07, 6.45) is 0.830. The fraction of sp³-hybridized carbons (Fsp3) is 1.00. The average Bonchev–Trinajstić information content (AvgIpc) is 3.29. The zero-order valence-corrected chi connectivity index (χ0v) is 22.1. The standard InChI is InChI=1S/C21H40O9P2/c1-13-8-18(27-15(13)3)11-24-32(7,23)30-21-10-19(28-17(21)5)12-25-31(6,22)29-20-9-14(2)26-16(20)4/h13-21H,8-12H2,1-7H3/t13?,14-,15+,16+,17+,18+,19+,20?,21?,31?,32?/m1/s1. The molecule has 11 heteroatoms. The Morgan fingerprint density at radius 1 is 0.688 bits per heavy atom. The molecule has 5 unspecified atom stereocenters. The quantitative estimate of drug-likeness (QED) is 0.400. The Labute approximate surface area is 192 Å². The highest BCUT2D eigenvalue weighted by atomic mass is 31.2. The summed E-state index contributed by atoms with van der Waals surface area (Å²) in [7, 11) is -6.54. The molecule has 0 amide bonds. The van der Waals surface area contributed by atoms with Crippen molar-refractivity contribution in [3.05, 3.63) is 0 Å². The molecule has 3 aliphatic rings. The second kappa shape index (κ2) is 10.8. The van der Waals surface area contributed by atoms with E-state index < -0.39 is 21.3 Å². The van der Waals surface area contributed by atoms with Crippen molar-refractivity contribution < 1.29 is 41.4 Å². The molecule has 0 spiro atoms. The molecule has 9 nitrogen and oxygen atoms in total. The third-order valence-corrected chi connectivity index (χ3v) is 8.99. The summed E-state index contributed by atoms with van der Waals surface area (Å²) in [6.45, 7) is 13.2. The molecule has 11 atom stereocenters. The normalized spacial score (nSPS) is 43.9. The topological polar surface area (TPSA) is 98.8 Å². The summed E-state index contributed by atoms with van der Waals surface area (Å²) in [4.78, 5) is 0. The maximum Gasteiger partial charge on any atom is 0.328 e. The van der Waals surface area contributed by atoms with Gasteiger partial charge in [0.2, 0.25) is 0 Å². The smallest absolute Gasteiger partial charge is 0.328 e. The highest BCUT2D eigenvalue weighted by Crippen LogP contribution is 2.50. The van der Waals surface area contributed by atoms with E-state index in [-0.39, 0.29) is 55.9 Å². The summed E-state index contributed by atoms with van der Waals surface area (Å²) in [5.41, 5.74) is 0. The van der Waals surface area contributed by atoms with Crippen molar-refractivity contribution in [2.24, 2.45) is 5.92 Å². The van der Waals surface area contributed by atoms with Crippen molar-refractivity contribution in [3.63, 3.8) is 0 Å². The van der Waals surface area contributed by atoms with Gasteiger partial charge in [0, 0.05) is 26.2 Å². The summed E-state index contributed by atoms with van der Waals surface area (Å²) in [5.74, 6) is 0.455. The molecule has 0 aliphatic carbocycles. The van der Waals surface area contributed by atoms with Crippen LogP contribution in [0.3, 0.4) is 0 Å². The lowest BCUT2D eigenvalue weighted by molar-refractivity contribution is -0.00447. The van der Waals surface area contributed by atoms with E-state index in [1.165, 1.54) is 13.3 Å². The van der Waals surface area contributed by atoms with Gasteiger partial charge < -0.3 is 32.3 Å². The minimum absolute atomic E-state index is 0.0649. The van der Waals surface area contributed by atoms with Gasteiger partial charge in [0.1, 0.15) is 0 Å². The first-order valence-electron chi connectivity index (χ1n) is 11.6. The molecule has 3 heterocycles. The Balaban J connectivity index is 1.41. The molecule has 0 radical (unpaired) electrons. The lowest BCUT2D eigenvalue weighted by Crippen LogP contribution is -2.22. The Kier molecular flexibility index (Phi) is 9.07. The van der Waals surface area contributed by atoms with Gasteiger partial charge in [-0.1, -0.05) is 6.92 Å². The average molecular weight is 498 g/mol. The zero-order valence-electron chi connectivity index (χ0n) is 20.3. The van der Waals surface area contributed by atoms with Crippen LogP contribution in [0.4, 0.5) is 0 Å². The SMILES string of the molecule is CC1C[C@@H](COP(C)(=O)OC2C[C@@H](COP(C)(=O)OC3C[C@@H](C)O[C@H]3C)O[C@H]2C)O[C@H]1C. The number of rotatable bonds is 10. The molecule has 0 saturated carbocycles. The molecule has 188 valence electrons. The van der Waals surface area contributed by atoms with Crippen LogP contribution in [-0.4, -0.2) is 75.4 Å². The molecule has 0 aromatic rings. The molecule has 0 bridgehead atoms. The van der Waals surface area contributed by atoms with E-state index in [9.17, 15) is 9.13 Å². The number of hydrogen-bond donors (Lipinski definition) is 0. The summed E-state index contributed by atoms with van der Waals surface area (Å²) in [5, 5.41) is 0. The predicted molar refractivity (Wildman–Crippen MR) is 120 cm³/mol. The van der Waals surface area contributed by atoms with E-state index >= 15 is 0 Å². The molecule has 32 heavy (non-hydrogen) atoms. The van der Waals surface area contributed by atoms with E-state index in [1.807, 2.05) is 27.7 Å². The minimum atomic E-state index is -3.28. The summed E-state index contributed by atoms with van der Waals surface area (Å²) >= 11 is 0. The first-order valence-corrected chi connectivity index (χ1v) is 15.6. The van der Waals surface area contributed by atoms with Crippen LogP contribution in [-0.2, 0) is 41.4 Å².